The summed E-state index contributed by atoms with van der Waals surface area (Å²) < 4.78 is 26.5. The van der Waals surface area contributed by atoms with Gasteiger partial charge >= 0.3 is 5.97 Å². The third-order valence-corrected chi connectivity index (χ3v) is 4.17. The van der Waals surface area contributed by atoms with Crippen molar-refractivity contribution >= 4 is 57.7 Å². The van der Waals surface area contributed by atoms with Crippen molar-refractivity contribution in [3.8, 4) is 0 Å². The van der Waals surface area contributed by atoms with Gasteiger partial charge in [-0.25, -0.2) is 13.6 Å². The van der Waals surface area contributed by atoms with Gasteiger partial charge in [0.25, 0.3) is 0 Å². The van der Waals surface area contributed by atoms with Crippen LogP contribution >= 0.6 is 23.2 Å². The number of amides is 1. The molecule has 138 valence electrons. The Morgan fingerprint density at radius 2 is 1.89 bits per heavy atom. The van der Waals surface area contributed by atoms with Gasteiger partial charge in [0.05, 0.1) is 10.7 Å². The molecule has 3 aromatic rings. The molecule has 1 aromatic heterocycles. The van der Waals surface area contributed by atoms with Gasteiger partial charge in [0.2, 0.25) is 5.91 Å². The fourth-order valence-corrected chi connectivity index (χ4v) is 3.13. The summed E-state index contributed by atoms with van der Waals surface area (Å²) in [5, 5.41) is 12.5. The predicted octanol–water partition coefficient (Wildman–Crippen LogP) is 5.10. The number of aromatic nitrogens is 1. The number of hydrogen-bond donors (Lipinski definition) is 3. The highest BCUT2D eigenvalue weighted by Gasteiger charge is 2.18. The van der Waals surface area contributed by atoms with Crippen LogP contribution in [0.1, 0.15) is 16.1 Å². The van der Waals surface area contributed by atoms with Gasteiger partial charge in [0.1, 0.15) is 17.3 Å². The SMILES string of the molecule is O=C(/C=C/c1c(C(=O)O)[nH]c2cc(Cl)cc(Cl)c12)Nc1ccc(F)cc1F. The number of carboxylic acid groups (broad SMARTS) is 1. The first-order valence-corrected chi connectivity index (χ1v) is 8.20. The van der Waals surface area contributed by atoms with Gasteiger partial charge in [-0.05, 0) is 30.3 Å². The van der Waals surface area contributed by atoms with Crippen molar-refractivity contribution in [3.05, 3.63) is 69.3 Å². The van der Waals surface area contributed by atoms with Crippen LogP contribution in [0, 0.1) is 11.6 Å². The van der Waals surface area contributed by atoms with Crippen molar-refractivity contribution < 1.29 is 23.5 Å². The molecule has 0 aliphatic rings. The number of rotatable bonds is 4. The third-order valence-electron chi connectivity index (χ3n) is 3.66. The Balaban J connectivity index is 1.96. The van der Waals surface area contributed by atoms with E-state index in [9.17, 15) is 23.5 Å². The Morgan fingerprint density at radius 1 is 1.15 bits per heavy atom. The minimum Gasteiger partial charge on any atom is -0.477 e. The van der Waals surface area contributed by atoms with Crippen molar-refractivity contribution in [2.75, 3.05) is 5.32 Å². The first kappa shape index (κ1) is 18.9. The smallest absolute Gasteiger partial charge is 0.352 e. The number of carbonyl (C=O) groups excluding carboxylic acids is 1. The lowest BCUT2D eigenvalue weighted by Crippen LogP contribution is -2.09. The van der Waals surface area contributed by atoms with Gasteiger partial charge in [-0.3, -0.25) is 4.79 Å². The number of carboxylic acids is 1. The molecule has 0 unspecified atom stereocenters. The number of benzene rings is 2. The molecule has 0 radical (unpaired) electrons. The summed E-state index contributed by atoms with van der Waals surface area (Å²) >= 11 is 12.1. The minimum absolute atomic E-state index is 0.161. The molecule has 0 aliphatic carbocycles. The van der Waals surface area contributed by atoms with Gasteiger partial charge in [-0.15, -0.1) is 0 Å². The van der Waals surface area contributed by atoms with Crippen LogP contribution in [0.3, 0.4) is 0 Å². The normalized spacial score (nSPS) is 11.3. The van der Waals surface area contributed by atoms with Crippen LogP contribution in [0.15, 0.2) is 36.4 Å². The molecule has 0 saturated heterocycles. The molecule has 0 bridgehead atoms. The van der Waals surface area contributed by atoms with Crippen LogP contribution in [0.25, 0.3) is 17.0 Å². The van der Waals surface area contributed by atoms with E-state index in [-0.39, 0.29) is 22.0 Å². The van der Waals surface area contributed by atoms with Gasteiger partial charge < -0.3 is 15.4 Å². The lowest BCUT2D eigenvalue weighted by Gasteiger charge is -2.03. The van der Waals surface area contributed by atoms with E-state index < -0.39 is 23.5 Å². The number of aromatic amines is 1. The highest BCUT2D eigenvalue weighted by molar-refractivity contribution is 6.39. The second-order valence-corrected chi connectivity index (χ2v) is 6.32. The van der Waals surface area contributed by atoms with Crippen molar-refractivity contribution in [1.29, 1.82) is 0 Å². The topological polar surface area (TPSA) is 82.2 Å². The highest BCUT2D eigenvalue weighted by Crippen LogP contribution is 2.33. The Morgan fingerprint density at radius 3 is 2.56 bits per heavy atom. The Bertz CT molecular complexity index is 1110. The molecule has 0 saturated carbocycles. The first-order chi connectivity index (χ1) is 12.8. The summed E-state index contributed by atoms with van der Waals surface area (Å²) in [6.45, 7) is 0. The number of carbonyl (C=O) groups is 2. The molecule has 0 aliphatic heterocycles. The number of anilines is 1. The van der Waals surface area contributed by atoms with Crippen molar-refractivity contribution in [3.63, 3.8) is 0 Å². The standard InChI is InChI=1S/C18H10Cl2F2N2O3/c19-8-5-11(20)16-10(17(18(26)27)24-14(16)6-8)2-4-15(25)23-13-3-1-9(21)7-12(13)22/h1-7,24H,(H,23,25)(H,26,27)/b4-2+. The van der Waals surface area contributed by atoms with Crippen LogP contribution in [0.2, 0.25) is 10.0 Å². The molecule has 9 heteroatoms. The monoisotopic (exact) mass is 410 g/mol. The maximum Gasteiger partial charge on any atom is 0.352 e. The van der Waals surface area contributed by atoms with Crippen molar-refractivity contribution in [2.24, 2.45) is 0 Å². The zero-order valence-corrected chi connectivity index (χ0v) is 14.8. The van der Waals surface area contributed by atoms with E-state index in [0.29, 0.717) is 22.0 Å². The van der Waals surface area contributed by atoms with E-state index in [1.807, 2.05) is 0 Å². The molecular weight excluding hydrogens is 401 g/mol. The third kappa shape index (κ3) is 3.94. The van der Waals surface area contributed by atoms with E-state index >= 15 is 0 Å². The second kappa shape index (κ2) is 7.38. The zero-order chi connectivity index (χ0) is 19.7. The minimum atomic E-state index is -1.26. The average Bonchev–Trinajstić information content (AvgIpc) is 2.94. The zero-order valence-electron chi connectivity index (χ0n) is 13.3. The molecule has 2 aromatic carbocycles. The van der Waals surface area contributed by atoms with E-state index in [2.05, 4.69) is 10.3 Å². The van der Waals surface area contributed by atoms with E-state index in [4.69, 9.17) is 23.2 Å². The summed E-state index contributed by atoms with van der Waals surface area (Å²) in [6.07, 6.45) is 2.25. The van der Waals surface area contributed by atoms with Crippen LogP contribution in [0.4, 0.5) is 14.5 Å². The van der Waals surface area contributed by atoms with Crippen LogP contribution in [-0.4, -0.2) is 22.0 Å². The molecular formula is C18H10Cl2F2N2O3. The first-order valence-electron chi connectivity index (χ1n) is 7.44. The van der Waals surface area contributed by atoms with E-state index in [1.165, 1.54) is 18.2 Å². The van der Waals surface area contributed by atoms with Crippen molar-refractivity contribution in [1.82, 2.24) is 4.98 Å². The lowest BCUT2D eigenvalue weighted by atomic mass is 10.1. The molecule has 1 amide bonds. The Labute approximate surface area is 161 Å². The predicted molar refractivity (Wildman–Crippen MR) is 99.3 cm³/mol. The molecule has 0 atom stereocenters. The summed E-state index contributed by atoms with van der Waals surface area (Å²) in [5.41, 5.74) is 0.142. The fourth-order valence-electron chi connectivity index (χ4n) is 2.53. The van der Waals surface area contributed by atoms with Crippen LogP contribution in [0.5, 0.6) is 0 Å². The number of H-pyrrole nitrogens is 1. The number of nitrogens with one attached hydrogen (secondary N) is 2. The molecule has 1 heterocycles. The number of halogens is 4. The quantitative estimate of drug-likeness (QED) is 0.523. The lowest BCUT2D eigenvalue weighted by molar-refractivity contribution is -0.111. The number of aromatic carboxylic acids is 1. The molecule has 0 spiro atoms. The van der Waals surface area contributed by atoms with E-state index in [1.54, 1.807) is 0 Å². The molecule has 5 nitrogen and oxygen atoms in total. The number of fused-ring (bicyclic) bond motifs is 1. The highest BCUT2D eigenvalue weighted by atomic mass is 35.5. The largest absolute Gasteiger partial charge is 0.477 e. The Kier molecular flexibility index (Phi) is 5.16. The number of hydrogen-bond acceptors (Lipinski definition) is 2. The van der Waals surface area contributed by atoms with Crippen molar-refractivity contribution in [2.45, 2.75) is 0 Å². The van der Waals surface area contributed by atoms with E-state index in [0.717, 1.165) is 18.2 Å². The summed E-state index contributed by atoms with van der Waals surface area (Å²) in [7, 11) is 0. The summed E-state index contributed by atoms with van der Waals surface area (Å²) in [6, 6.07) is 5.64. The summed E-state index contributed by atoms with van der Waals surface area (Å²) in [4.78, 5) is 26.2. The summed E-state index contributed by atoms with van der Waals surface area (Å²) in [5.74, 6) is -3.72. The van der Waals surface area contributed by atoms with Crippen LogP contribution < -0.4 is 5.32 Å². The van der Waals surface area contributed by atoms with Gasteiger partial charge in [-0.2, -0.15) is 0 Å². The molecule has 0 fully saturated rings. The maximum atomic E-state index is 13.6. The van der Waals surface area contributed by atoms with Gasteiger partial charge in [0.15, 0.2) is 0 Å². The maximum absolute atomic E-state index is 13.6. The van der Waals surface area contributed by atoms with Gasteiger partial charge in [-0.1, -0.05) is 23.2 Å². The average molecular weight is 411 g/mol. The Hall–Kier alpha value is -2.90. The van der Waals surface area contributed by atoms with Gasteiger partial charge in [0, 0.05) is 33.6 Å². The molecule has 3 N–H and O–H groups in total. The molecule has 3 rings (SSSR count). The van der Waals surface area contributed by atoms with Crippen LogP contribution in [-0.2, 0) is 4.79 Å². The second-order valence-electron chi connectivity index (χ2n) is 5.48. The fraction of sp³-hybridized carbons (Fsp3) is 0. The molecule has 27 heavy (non-hydrogen) atoms.